The molecule has 7 nitrogen and oxygen atoms in total. The van der Waals surface area contributed by atoms with E-state index < -0.39 is 17.5 Å². The zero-order chi connectivity index (χ0) is 25.9. The van der Waals surface area contributed by atoms with Crippen molar-refractivity contribution >= 4 is 29.1 Å². The summed E-state index contributed by atoms with van der Waals surface area (Å²) in [5.74, 6) is -0.740. The maximum Gasteiger partial charge on any atom is 0.246 e. The smallest absolute Gasteiger partial charge is 0.246 e. The first-order valence-corrected chi connectivity index (χ1v) is 13.2. The minimum Gasteiger partial charge on any atom is -0.348 e. The van der Waals surface area contributed by atoms with Crippen molar-refractivity contribution in [1.82, 2.24) is 20.5 Å². The molecule has 0 saturated carbocycles. The number of likely N-dealkylation sites (tertiary alicyclic amines) is 1. The van der Waals surface area contributed by atoms with Crippen molar-refractivity contribution in [2.75, 3.05) is 6.54 Å². The van der Waals surface area contributed by atoms with Gasteiger partial charge in [0, 0.05) is 12.5 Å². The van der Waals surface area contributed by atoms with Gasteiger partial charge in [0.15, 0.2) is 0 Å². The SMILES string of the molecule is Cc1ncsc1-c1ccc(C(C)NC(=O)C2CCCN2C(=O)C(NC(=O)C(C)C)C(C)(C)C)cc1. The first-order valence-electron chi connectivity index (χ1n) is 12.3. The predicted molar refractivity (Wildman–Crippen MR) is 140 cm³/mol. The molecule has 3 rings (SSSR count). The van der Waals surface area contributed by atoms with E-state index in [1.54, 1.807) is 30.1 Å². The van der Waals surface area contributed by atoms with E-state index in [0.29, 0.717) is 13.0 Å². The van der Waals surface area contributed by atoms with Gasteiger partial charge in [-0.2, -0.15) is 0 Å². The number of thiazole rings is 1. The Morgan fingerprint density at radius 3 is 2.29 bits per heavy atom. The molecule has 8 heteroatoms. The number of carbonyl (C=O) groups is 3. The van der Waals surface area contributed by atoms with Gasteiger partial charge in [0.05, 0.1) is 22.1 Å². The van der Waals surface area contributed by atoms with Crippen LogP contribution in [0.4, 0.5) is 0 Å². The maximum atomic E-state index is 13.5. The second-order valence-corrected chi connectivity index (χ2v) is 11.6. The minimum absolute atomic E-state index is 0.159. The highest BCUT2D eigenvalue weighted by molar-refractivity contribution is 7.13. The topological polar surface area (TPSA) is 91.4 Å². The molecule has 2 aromatic rings. The molecule has 3 atom stereocenters. The lowest BCUT2D eigenvalue weighted by atomic mass is 9.85. The number of benzene rings is 1. The third kappa shape index (κ3) is 6.28. The largest absolute Gasteiger partial charge is 0.348 e. The summed E-state index contributed by atoms with van der Waals surface area (Å²) in [5.41, 5.74) is 4.48. The van der Waals surface area contributed by atoms with E-state index in [1.165, 1.54) is 0 Å². The van der Waals surface area contributed by atoms with Gasteiger partial charge in [-0.15, -0.1) is 11.3 Å². The number of nitrogens with one attached hydrogen (secondary N) is 2. The van der Waals surface area contributed by atoms with Crippen LogP contribution in [0, 0.1) is 18.3 Å². The molecule has 190 valence electrons. The van der Waals surface area contributed by atoms with Crippen LogP contribution >= 0.6 is 11.3 Å². The van der Waals surface area contributed by atoms with Crippen molar-refractivity contribution in [2.24, 2.45) is 11.3 Å². The molecular formula is C27H38N4O3S. The summed E-state index contributed by atoms with van der Waals surface area (Å²) in [6, 6.07) is 6.72. The van der Waals surface area contributed by atoms with Crippen LogP contribution in [0.25, 0.3) is 10.4 Å². The standard InChI is InChI=1S/C27H38N4O3S/c1-16(2)24(32)30-23(27(5,6)7)26(34)31-14-8-9-21(31)25(33)29-17(3)19-10-12-20(13-11-19)22-18(4)28-15-35-22/h10-13,15-17,21,23H,8-9,14H2,1-7H3,(H,29,33)(H,30,32). The fourth-order valence-electron chi connectivity index (χ4n) is 4.32. The molecular weight excluding hydrogens is 460 g/mol. The first kappa shape index (κ1) is 26.9. The molecule has 0 radical (unpaired) electrons. The Balaban J connectivity index is 1.69. The van der Waals surface area contributed by atoms with Crippen molar-refractivity contribution in [2.45, 2.75) is 79.4 Å². The van der Waals surface area contributed by atoms with E-state index in [9.17, 15) is 14.4 Å². The molecule has 1 aromatic carbocycles. The molecule has 3 unspecified atom stereocenters. The van der Waals surface area contributed by atoms with E-state index in [1.807, 2.05) is 52.3 Å². The Kier molecular flexibility index (Phi) is 8.36. The van der Waals surface area contributed by atoms with Crippen molar-refractivity contribution < 1.29 is 14.4 Å². The fraction of sp³-hybridized carbons (Fsp3) is 0.556. The van der Waals surface area contributed by atoms with Crippen LogP contribution in [-0.4, -0.2) is 46.2 Å². The number of rotatable bonds is 7. The van der Waals surface area contributed by atoms with Gasteiger partial charge in [0.2, 0.25) is 17.7 Å². The van der Waals surface area contributed by atoms with Gasteiger partial charge in [0.1, 0.15) is 12.1 Å². The number of hydrogen-bond acceptors (Lipinski definition) is 5. The molecule has 2 N–H and O–H groups in total. The molecule has 1 aliphatic heterocycles. The van der Waals surface area contributed by atoms with E-state index in [4.69, 9.17) is 0 Å². The van der Waals surface area contributed by atoms with Crippen LogP contribution in [0.1, 0.15) is 71.7 Å². The summed E-state index contributed by atoms with van der Waals surface area (Å²) in [6.07, 6.45) is 1.37. The molecule has 0 aliphatic carbocycles. The number of aromatic nitrogens is 1. The van der Waals surface area contributed by atoms with Gasteiger partial charge in [-0.05, 0) is 43.2 Å². The lowest BCUT2D eigenvalue weighted by Gasteiger charge is -2.36. The molecule has 1 fully saturated rings. The van der Waals surface area contributed by atoms with Crippen molar-refractivity contribution in [3.8, 4) is 10.4 Å². The zero-order valence-corrected chi connectivity index (χ0v) is 22.7. The molecule has 1 aliphatic rings. The third-order valence-electron chi connectivity index (χ3n) is 6.54. The normalized spacial score (nSPS) is 17.8. The van der Waals surface area contributed by atoms with Crippen LogP contribution in [-0.2, 0) is 14.4 Å². The molecule has 1 saturated heterocycles. The van der Waals surface area contributed by atoms with Gasteiger partial charge >= 0.3 is 0 Å². The minimum atomic E-state index is -0.689. The molecule has 0 spiro atoms. The van der Waals surface area contributed by atoms with Gasteiger partial charge in [-0.3, -0.25) is 14.4 Å². The number of carbonyl (C=O) groups excluding carboxylic acids is 3. The van der Waals surface area contributed by atoms with Crippen molar-refractivity contribution in [3.63, 3.8) is 0 Å². The Labute approximate surface area is 212 Å². The second-order valence-electron chi connectivity index (χ2n) is 10.8. The van der Waals surface area contributed by atoms with Crippen molar-refractivity contribution in [1.29, 1.82) is 0 Å². The summed E-state index contributed by atoms with van der Waals surface area (Å²) in [4.78, 5) is 46.3. The Hall–Kier alpha value is -2.74. The molecule has 2 heterocycles. The lowest BCUT2D eigenvalue weighted by molar-refractivity contribution is -0.144. The monoisotopic (exact) mass is 498 g/mol. The van der Waals surface area contributed by atoms with Crippen molar-refractivity contribution in [3.05, 3.63) is 41.0 Å². The number of aryl methyl sites for hydroxylation is 1. The van der Waals surface area contributed by atoms with Gasteiger partial charge in [-0.1, -0.05) is 58.9 Å². The van der Waals surface area contributed by atoms with Gasteiger partial charge in [0.25, 0.3) is 0 Å². The Morgan fingerprint density at radius 1 is 1.09 bits per heavy atom. The summed E-state index contributed by atoms with van der Waals surface area (Å²) in [6.45, 7) is 13.9. The second kappa shape index (κ2) is 10.9. The van der Waals surface area contributed by atoms with Crippen LogP contribution in [0.5, 0.6) is 0 Å². The first-order chi connectivity index (χ1) is 16.4. The molecule has 0 bridgehead atoms. The van der Waals surface area contributed by atoms with E-state index in [0.717, 1.165) is 28.1 Å². The van der Waals surface area contributed by atoms with E-state index in [2.05, 4.69) is 27.8 Å². The summed E-state index contributed by atoms with van der Waals surface area (Å²) < 4.78 is 0. The summed E-state index contributed by atoms with van der Waals surface area (Å²) >= 11 is 1.61. The predicted octanol–water partition coefficient (Wildman–Crippen LogP) is 4.47. The number of amides is 3. The Bertz CT molecular complexity index is 1060. The fourth-order valence-corrected chi connectivity index (χ4v) is 5.13. The van der Waals surface area contributed by atoms with Gasteiger partial charge < -0.3 is 15.5 Å². The molecule has 35 heavy (non-hydrogen) atoms. The maximum absolute atomic E-state index is 13.5. The summed E-state index contributed by atoms with van der Waals surface area (Å²) in [7, 11) is 0. The van der Waals surface area contributed by atoms with Gasteiger partial charge in [-0.25, -0.2) is 4.98 Å². The van der Waals surface area contributed by atoms with Crippen LogP contribution in [0.3, 0.4) is 0 Å². The Morgan fingerprint density at radius 2 is 1.74 bits per heavy atom. The average Bonchev–Trinajstić information content (AvgIpc) is 3.45. The van der Waals surface area contributed by atoms with E-state index >= 15 is 0 Å². The zero-order valence-electron chi connectivity index (χ0n) is 21.8. The lowest BCUT2D eigenvalue weighted by Crippen LogP contribution is -2.58. The average molecular weight is 499 g/mol. The van der Waals surface area contributed by atoms with E-state index in [-0.39, 0.29) is 29.7 Å². The quantitative estimate of drug-likeness (QED) is 0.589. The van der Waals surface area contributed by atoms with Crippen LogP contribution in [0.2, 0.25) is 0 Å². The third-order valence-corrected chi connectivity index (χ3v) is 7.52. The molecule has 1 aromatic heterocycles. The highest BCUT2D eigenvalue weighted by atomic mass is 32.1. The molecule has 3 amide bonds. The highest BCUT2D eigenvalue weighted by Crippen LogP contribution is 2.29. The van der Waals surface area contributed by atoms with Crippen LogP contribution < -0.4 is 10.6 Å². The number of hydrogen-bond donors (Lipinski definition) is 2. The highest BCUT2D eigenvalue weighted by Gasteiger charge is 2.42. The van der Waals surface area contributed by atoms with Crippen LogP contribution in [0.15, 0.2) is 29.8 Å². The number of nitrogens with zero attached hydrogens (tertiary/aromatic N) is 2. The summed E-state index contributed by atoms with van der Waals surface area (Å²) in [5, 5.41) is 6.01.